The third kappa shape index (κ3) is 28.8. The molecule has 33 nitrogen and oxygen atoms in total. The first-order valence-corrected chi connectivity index (χ1v) is 48.2. The Balaban J connectivity index is 1.04. The molecular weight excluding hydrogens is 1770 g/mol. The summed E-state index contributed by atoms with van der Waals surface area (Å²) < 4.78 is 97.0. The number of cyclic esters (lactones) is 1. The lowest BCUT2D eigenvalue weighted by molar-refractivity contribution is -0.210. The van der Waals surface area contributed by atoms with Gasteiger partial charge in [-0.1, -0.05) is 167 Å². The highest BCUT2D eigenvalue weighted by Crippen LogP contribution is 2.68. The van der Waals surface area contributed by atoms with Crippen molar-refractivity contribution in [1.29, 1.82) is 0 Å². The second kappa shape index (κ2) is 48.8. The highest BCUT2D eigenvalue weighted by Gasteiger charge is 2.62. The fraction of sp³-hybridized carbons (Fsp3) is 0.750. The van der Waals surface area contributed by atoms with Gasteiger partial charge in [0.05, 0.1) is 0 Å². The fourth-order valence-electron chi connectivity index (χ4n) is 20.8. The van der Waals surface area contributed by atoms with Gasteiger partial charge in [0, 0.05) is 19.4 Å². The molecule has 2 saturated heterocycles. The smallest absolute Gasteiger partial charge is 0.458 e. The van der Waals surface area contributed by atoms with E-state index in [9.17, 15) is 88.7 Å². The molecule has 0 aromatic heterocycles. The molecule has 2 aliphatic heterocycles. The van der Waals surface area contributed by atoms with Crippen LogP contribution in [-0.2, 0) is 97.3 Å². The Kier molecular flexibility index (Phi) is 40.5. The number of carbonyl (C=O) groups is 16. The zero-order valence-electron chi connectivity index (χ0n) is 81.8. The number of fused-ring (bicyclic) bond motifs is 5. The predicted molar refractivity (Wildman–Crippen MR) is 486 cm³/mol. The number of alkyl halides is 6. The van der Waals surface area contributed by atoms with Gasteiger partial charge in [-0.05, 0) is 211 Å². The van der Waals surface area contributed by atoms with Gasteiger partial charge in [-0.2, -0.15) is 26.3 Å². The summed E-state index contributed by atoms with van der Waals surface area (Å²) in [7, 11) is 0. The number of ether oxygens (including phenoxy) is 3. The second-order valence-corrected chi connectivity index (χ2v) is 40.5. The van der Waals surface area contributed by atoms with Gasteiger partial charge in [0.15, 0.2) is 0 Å². The Morgan fingerprint density at radius 1 is 0.585 bits per heavy atom. The maximum Gasteiger partial charge on any atom is 0.490 e. The quantitative estimate of drug-likeness (QED) is 0.0134. The number of carbonyl (C=O) groups excluding carboxylic acids is 16. The Bertz CT molecular complexity index is 4380. The van der Waals surface area contributed by atoms with Crippen LogP contribution in [0.2, 0.25) is 0 Å². The van der Waals surface area contributed by atoms with Crippen LogP contribution in [0.25, 0.3) is 0 Å². The molecular formula is C96H148F6N14O19. The summed E-state index contributed by atoms with van der Waals surface area (Å²) in [6.07, 6.45) is -6.03. The van der Waals surface area contributed by atoms with Crippen LogP contribution >= 0.6 is 0 Å². The van der Waals surface area contributed by atoms with Crippen LogP contribution in [0.5, 0.6) is 0 Å². The van der Waals surface area contributed by atoms with Gasteiger partial charge in [0.2, 0.25) is 70.9 Å². The number of esters is 3. The Labute approximate surface area is 788 Å². The Morgan fingerprint density at radius 3 is 1.73 bits per heavy atom. The van der Waals surface area contributed by atoms with Crippen molar-refractivity contribution in [1.82, 2.24) is 68.7 Å². The first kappa shape index (κ1) is 112. The Hall–Kier alpha value is -9.98. The van der Waals surface area contributed by atoms with E-state index in [4.69, 9.17) is 19.9 Å². The van der Waals surface area contributed by atoms with Crippen molar-refractivity contribution in [3.05, 3.63) is 47.7 Å². The van der Waals surface area contributed by atoms with Crippen LogP contribution in [0.1, 0.15) is 253 Å². The predicted octanol–water partition coefficient (Wildman–Crippen LogP) is 7.67. The number of hydrogen-bond acceptors (Lipinski definition) is 20. The molecule has 14 N–H and O–H groups in total. The average Bonchev–Trinajstić information content (AvgIpc) is 1.63. The molecule has 758 valence electrons. The second-order valence-electron chi connectivity index (χ2n) is 40.5. The summed E-state index contributed by atoms with van der Waals surface area (Å²) in [6, 6.07) is -9.78. The zero-order chi connectivity index (χ0) is 101. The lowest BCUT2D eigenvalue weighted by Gasteiger charge is -2.61. The molecule has 7 rings (SSSR count). The molecule has 6 aliphatic rings. The number of likely N-dealkylation sites (tertiary alicyclic amines) is 1. The van der Waals surface area contributed by atoms with Gasteiger partial charge in [0.25, 0.3) is 5.91 Å². The van der Waals surface area contributed by atoms with Crippen LogP contribution < -0.4 is 69.5 Å². The summed E-state index contributed by atoms with van der Waals surface area (Å²) in [4.78, 5) is 231. The summed E-state index contributed by atoms with van der Waals surface area (Å²) in [6.45, 7) is 32.7. The minimum absolute atomic E-state index is 0.000458. The highest BCUT2D eigenvalue weighted by atomic mass is 19.4. The molecule has 25 atom stereocenters. The summed E-state index contributed by atoms with van der Waals surface area (Å²) in [5.74, 6) is -21.6. The number of benzene rings is 1. The number of nitrogens with one attached hydrogen (secondary N) is 12. The number of nitrogens with zero attached hydrogens (tertiary/aromatic N) is 1. The van der Waals surface area contributed by atoms with Gasteiger partial charge in [-0.15, -0.1) is 0 Å². The van der Waals surface area contributed by atoms with Crippen LogP contribution in [0, 0.1) is 87.8 Å². The molecule has 4 saturated carbocycles. The van der Waals surface area contributed by atoms with Crippen molar-refractivity contribution in [2.75, 3.05) is 13.1 Å². The van der Waals surface area contributed by atoms with Gasteiger partial charge in [-0.3, -0.25) is 62.3 Å². The van der Waals surface area contributed by atoms with Crippen LogP contribution in [0.3, 0.4) is 0 Å². The van der Waals surface area contributed by atoms with Crippen molar-refractivity contribution in [2.24, 2.45) is 93.5 Å². The number of halogens is 6. The lowest BCUT2D eigenvalue weighted by Crippen LogP contribution is -2.64. The standard InChI is InChI=1S/C96H148F6N14O19/c1-21-52(14)74(86(126)115-76-55(17)133-90(130)73(51(12)13)111-78(118)64(23-3)104-80(120)66(45-57-29-25-24-26-30-57)106-82(122)70(48(6)7)108-85(125)75(53(15)22-2)113-88(76)128)112-79(119)65(31-27-43-103)105-81(121)67-32-28-44-116(67)89(129)72(50(10)11)110-84(124)71(49(8)9)109-87(127)77(56(18)134-91(131)95(97,98)99)114-83(123)69(47(4)5)107-68(117)38-33-54(16)61-36-37-62-60-35-34-58-46-59(135-92(132)96(100,101)102)39-41-93(58,19)63(60)40-42-94(61,62)20/h23-26,29-30,47-56,58-63,65-67,69-77H,21-22,27-28,31-46,103H2,1-20H3,(H,104,120)(H,105,121)(H,106,122)(H,107,117)(H,108,125)(H,109,127)(H,110,124)(H,111,118)(H,112,119)(H,113,128)(H,114,123)(H,115,126)/b64-23-/t52-,53-,54-,55+,56-,58-,59-,60+,61-,62+,63+,65+,66+,67-,69-,70-,71+,72-,73+,74-,75-,76-,77+,93+,94-/m1/s1. The molecule has 0 bridgehead atoms. The van der Waals surface area contributed by atoms with Gasteiger partial charge in [-0.25, -0.2) is 14.4 Å². The number of amides is 13. The summed E-state index contributed by atoms with van der Waals surface area (Å²) in [5.41, 5.74) is 6.11. The number of nitrogens with two attached hydrogens (primary N) is 1. The molecule has 13 amide bonds. The van der Waals surface area contributed by atoms with Crippen LogP contribution in [0.4, 0.5) is 26.3 Å². The maximum absolute atomic E-state index is 15.2. The molecule has 4 aliphatic carbocycles. The fourth-order valence-corrected chi connectivity index (χ4v) is 20.8. The molecule has 0 spiro atoms. The molecule has 1 aromatic rings. The lowest BCUT2D eigenvalue weighted by atomic mass is 9.44. The summed E-state index contributed by atoms with van der Waals surface area (Å²) >= 11 is 0. The number of hydrogen-bond donors (Lipinski definition) is 13. The molecule has 0 unspecified atom stereocenters. The van der Waals surface area contributed by atoms with Crippen LogP contribution in [0.15, 0.2) is 42.1 Å². The van der Waals surface area contributed by atoms with Gasteiger partial charge < -0.3 is 88.6 Å². The van der Waals surface area contributed by atoms with E-state index in [0.29, 0.717) is 49.0 Å². The minimum Gasteiger partial charge on any atom is -0.458 e. The molecule has 1 aromatic carbocycles. The van der Waals surface area contributed by atoms with Crippen LogP contribution in [-0.4, -0.2) is 216 Å². The highest BCUT2D eigenvalue weighted by molar-refractivity contribution is 6.03. The first-order chi connectivity index (χ1) is 63.1. The van der Waals surface area contributed by atoms with E-state index in [2.05, 4.69) is 84.6 Å². The van der Waals surface area contributed by atoms with Gasteiger partial charge in [0.1, 0.15) is 96.5 Å². The third-order valence-corrected chi connectivity index (χ3v) is 29.3. The van der Waals surface area contributed by atoms with E-state index < -0.39 is 239 Å². The maximum atomic E-state index is 15.2. The molecule has 6 fully saturated rings. The number of allylic oxidation sites excluding steroid dienone is 1. The van der Waals surface area contributed by atoms with E-state index in [1.165, 1.54) is 38.7 Å². The van der Waals surface area contributed by atoms with E-state index in [0.717, 1.165) is 45.4 Å². The zero-order valence-corrected chi connectivity index (χ0v) is 81.8. The number of rotatable bonds is 35. The summed E-state index contributed by atoms with van der Waals surface area (Å²) in [5, 5.41) is 31.7. The third-order valence-electron chi connectivity index (χ3n) is 29.3. The van der Waals surface area contributed by atoms with Crippen molar-refractivity contribution in [3.63, 3.8) is 0 Å². The topological polar surface area (TPSA) is 474 Å². The van der Waals surface area contributed by atoms with Crippen molar-refractivity contribution in [2.45, 2.75) is 357 Å². The van der Waals surface area contributed by atoms with Crippen molar-refractivity contribution < 1.29 is 117 Å². The molecule has 0 radical (unpaired) electrons. The first-order valence-electron chi connectivity index (χ1n) is 48.2. The molecule has 39 heteroatoms. The van der Waals surface area contributed by atoms with E-state index >= 15 is 14.4 Å². The SMILES string of the molecule is C/C=C1\NC(=O)[C@H](Cc2ccccc2)NC(=O)[C@@H](C(C)C)NC(=O)[C@@H]([C@H](C)CC)NC(=O)[C@H](NC(=O)[C@H](NC(=O)[C@H](CCCN)NC(=O)[C@H]2CCCN2C(=O)[C@H](NC(=O)[C@@H](NC(=O)[C@@H](NC(=O)[C@H](NC(=O)CC[C@@H](C)[C@H]2CC[C@H]3[C@@H]4CC[C@@H]5C[C@H](OC(=O)C(F)(F)F)CC[C@]5(C)[C@H]4CC[C@]23C)C(C)C)[C@@H](C)OC(=O)C(F)(F)F)C(C)C)C(C)C)[C@H](C)CC)[C@H](C)OC(=O)[C@H](C(C)C)NC1=O. The molecule has 2 heterocycles. The van der Waals surface area contributed by atoms with E-state index in [1.807, 2.05) is 0 Å². The average molecular weight is 1920 g/mol. The Morgan fingerprint density at radius 2 is 1.15 bits per heavy atom. The van der Waals surface area contributed by atoms with E-state index in [-0.39, 0.29) is 98.7 Å². The minimum atomic E-state index is -5.58. The van der Waals surface area contributed by atoms with E-state index in [1.54, 1.807) is 113 Å². The van der Waals surface area contributed by atoms with Crippen molar-refractivity contribution >= 4 is 94.7 Å². The largest absolute Gasteiger partial charge is 0.490 e. The normalized spacial score (nSPS) is 28.2. The van der Waals surface area contributed by atoms with Crippen molar-refractivity contribution in [3.8, 4) is 0 Å². The van der Waals surface area contributed by atoms with Gasteiger partial charge >= 0.3 is 30.3 Å². The molecule has 135 heavy (non-hydrogen) atoms. The monoisotopic (exact) mass is 1920 g/mol.